The van der Waals surface area contributed by atoms with Crippen molar-refractivity contribution in [3.63, 3.8) is 0 Å². The van der Waals surface area contributed by atoms with Crippen LogP contribution in [-0.2, 0) is 4.79 Å². The summed E-state index contributed by atoms with van der Waals surface area (Å²) in [6.45, 7) is 2.03. The molecule has 0 aliphatic carbocycles. The number of carbonyl (C=O) groups is 2. The quantitative estimate of drug-likeness (QED) is 0.491. The number of rotatable bonds is 3. The number of thiophene rings is 1. The van der Waals surface area contributed by atoms with Gasteiger partial charge in [-0.15, -0.1) is 11.3 Å². The van der Waals surface area contributed by atoms with Crippen LogP contribution in [0, 0.1) is 6.92 Å². The molecule has 2 amide bonds. The minimum Gasteiger partial charge on any atom is -0.477 e. The number of nitrogens with one attached hydrogen (secondary N) is 1. The third-order valence-corrected chi connectivity index (χ3v) is 6.81. The number of hydrogen-bond donors (Lipinski definition) is 1. The number of ether oxygens (including phenoxy) is 1. The third-order valence-electron chi connectivity index (χ3n) is 5.39. The highest BCUT2D eigenvalue weighted by Crippen LogP contribution is 2.37. The molecule has 0 saturated carbocycles. The number of aromatic nitrogens is 2. The first kappa shape index (κ1) is 20.5. The lowest BCUT2D eigenvalue weighted by Gasteiger charge is -2.33. The highest BCUT2D eigenvalue weighted by Gasteiger charge is 2.34. The number of likely N-dealkylation sites (N-methyl/N-ethyl adjacent to an activating group) is 1. The maximum Gasteiger partial charge on any atom is 0.268 e. The Labute approximate surface area is 193 Å². The van der Waals surface area contributed by atoms with Gasteiger partial charge in [0.1, 0.15) is 10.6 Å². The van der Waals surface area contributed by atoms with Crippen LogP contribution in [0.5, 0.6) is 5.75 Å². The van der Waals surface area contributed by atoms with Gasteiger partial charge in [-0.05, 0) is 37.3 Å². The van der Waals surface area contributed by atoms with Gasteiger partial charge in [-0.1, -0.05) is 35.9 Å². The highest BCUT2D eigenvalue weighted by molar-refractivity contribution is 7.20. The topological polar surface area (TPSA) is 76.5 Å². The van der Waals surface area contributed by atoms with E-state index in [0.29, 0.717) is 21.3 Å². The molecule has 0 radical (unpaired) electrons. The predicted molar refractivity (Wildman–Crippen MR) is 125 cm³/mol. The van der Waals surface area contributed by atoms with Crippen LogP contribution in [0.2, 0.25) is 5.02 Å². The highest BCUT2D eigenvalue weighted by atomic mass is 35.5. The van der Waals surface area contributed by atoms with E-state index < -0.39 is 6.10 Å². The fourth-order valence-corrected chi connectivity index (χ4v) is 5.14. The summed E-state index contributed by atoms with van der Waals surface area (Å²) in [6.07, 6.45) is -0.784. The van der Waals surface area contributed by atoms with Crippen LogP contribution in [0.3, 0.4) is 0 Å². The summed E-state index contributed by atoms with van der Waals surface area (Å²) >= 11 is 7.74. The molecule has 4 aromatic rings. The van der Waals surface area contributed by atoms with Crippen LogP contribution < -0.4 is 15.0 Å². The second-order valence-electron chi connectivity index (χ2n) is 7.38. The van der Waals surface area contributed by atoms with Crippen LogP contribution in [0.25, 0.3) is 15.9 Å². The Morgan fingerprint density at radius 1 is 1.16 bits per heavy atom. The van der Waals surface area contributed by atoms with E-state index >= 15 is 0 Å². The van der Waals surface area contributed by atoms with Crippen molar-refractivity contribution in [2.24, 2.45) is 0 Å². The number of halogens is 1. The summed E-state index contributed by atoms with van der Waals surface area (Å²) in [6, 6.07) is 16.5. The summed E-state index contributed by atoms with van der Waals surface area (Å²) in [5.74, 6) is 0.0278. The molecule has 5 rings (SSSR count). The van der Waals surface area contributed by atoms with Gasteiger partial charge in [0.05, 0.1) is 33.5 Å². The Morgan fingerprint density at radius 3 is 2.62 bits per heavy atom. The maximum atomic E-state index is 13.6. The molecule has 0 saturated heterocycles. The Kier molecular flexibility index (Phi) is 5.11. The third kappa shape index (κ3) is 3.32. The molecule has 1 aliphatic heterocycles. The standard InChI is InChI=1S/C23H19ClN4O3S/c1-13-14-11-20(32-23(14)28(26-13)16-8-4-3-7-15(16)24)22(30)27-12-19(21(29)25-2)31-18-10-6-5-9-17(18)27/h3-11,19H,12H2,1-2H3,(H,25,29)/t19-/m0/s1. The number of aryl methyl sites for hydroxylation is 1. The van der Waals surface area contributed by atoms with E-state index in [1.54, 1.807) is 22.7 Å². The second kappa shape index (κ2) is 7.96. The van der Waals surface area contributed by atoms with Crippen molar-refractivity contribution in [1.29, 1.82) is 0 Å². The van der Waals surface area contributed by atoms with Crippen molar-refractivity contribution in [1.82, 2.24) is 15.1 Å². The molecule has 1 atom stereocenters. The SMILES string of the molecule is CNC(=O)[C@@H]1CN(C(=O)c2cc3c(C)nn(-c4ccccc4Cl)c3s2)c2ccccc2O1. The fraction of sp³-hybridized carbons (Fsp3) is 0.174. The van der Waals surface area contributed by atoms with Crippen LogP contribution in [0.4, 0.5) is 5.69 Å². The van der Waals surface area contributed by atoms with Crippen molar-refractivity contribution in [3.8, 4) is 11.4 Å². The first-order chi connectivity index (χ1) is 15.5. The normalized spacial score (nSPS) is 15.3. The van der Waals surface area contributed by atoms with E-state index in [9.17, 15) is 9.59 Å². The van der Waals surface area contributed by atoms with Crippen molar-refractivity contribution < 1.29 is 14.3 Å². The number of amides is 2. The molecule has 2 aromatic heterocycles. The summed E-state index contributed by atoms with van der Waals surface area (Å²) in [5.41, 5.74) is 2.20. The molecule has 7 nitrogen and oxygen atoms in total. The number of nitrogens with zero attached hydrogens (tertiary/aromatic N) is 3. The molecule has 0 bridgehead atoms. The molecular weight excluding hydrogens is 448 g/mol. The average molecular weight is 467 g/mol. The Balaban J connectivity index is 1.57. The van der Waals surface area contributed by atoms with Gasteiger partial charge >= 0.3 is 0 Å². The zero-order chi connectivity index (χ0) is 22.4. The fourth-order valence-electron chi connectivity index (χ4n) is 3.80. The molecule has 162 valence electrons. The zero-order valence-electron chi connectivity index (χ0n) is 17.3. The van der Waals surface area contributed by atoms with E-state index in [-0.39, 0.29) is 18.4 Å². The lowest BCUT2D eigenvalue weighted by Crippen LogP contribution is -2.50. The number of para-hydroxylation sites is 3. The summed E-state index contributed by atoms with van der Waals surface area (Å²) < 4.78 is 7.60. The van der Waals surface area contributed by atoms with Crippen molar-refractivity contribution in [2.45, 2.75) is 13.0 Å². The van der Waals surface area contributed by atoms with Gasteiger partial charge in [-0.25, -0.2) is 4.68 Å². The smallest absolute Gasteiger partial charge is 0.268 e. The molecule has 32 heavy (non-hydrogen) atoms. The largest absolute Gasteiger partial charge is 0.477 e. The van der Waals surface area contributed by atoms with E-state index in [1.807, 2.05) is 55.5 Å². The molecule has 3 heterocycles. The van der Waals surface area contributed by atoms with Crippen LogP contribution >= 0.6 is 22.9 Å². The molecule has 1 aliphatic rings. The van der Waals surface area contributed by atoms with Gasteiger partial charge in [-0.3, -0.25) is 14.5 Å². The van der Waals surface area contributed by atoms with E-state index in [0.717, 1.165) is 21.6 Å². The van der Waals surface area contributed by atoms with E-state index in [1.165, 1.54) is 11.3 Å². The van der Waals surface area contributed by atoms with Crippen molar-refractivity contribution in [3.05, 3.63) is 70.2 Å². The van der Waals surface area contributed by atoms with Gasteiger partial charge < -0.3 is 10.1 Å². The maximum absolute atomic E-state index is 13.6. The molecule has 0 spiro atoms. The lowest BCUT2D eigenvalue weighted by atomic mass is 10.1. The first-order valence-electron chi connectivity index (χ1n) is 10.0. The Morgan fingerprint density at radius 2 is 1.88 bits per heavy atom. The number of fused-ring (bicyclic) bond motifs is 2. The molecule has 1 N–H and O–H groups in total. The summed E-state index contributed by atoms with van der Waals surface area (Å²) in [4.78, 5) is 28.9. The van der Waals surface area contributed by atoms with E-state index in [4.69, 9.17) is 16.3 Å². The van der Waals surface area contributed by atoms with Gasteiger partial charge in [0.15, 0.2) is 6.10 Å². The summed E-state index contributed by atoms with van der Waals surface area (Å²) in [5, 5.41) is 8.69. The second-order valence-corrected chi connectivity index (χ2v) is 8.82. The number of anilines is 1. The molecule has 9 heteroatoms. The number of benzene rings is 2. The Hall–Kier alpha value is -3.36. The van der Waals surface area contributed by atoms with Gasteiger partial charge in [0.2, 0.25) is 0 Å². The molecule has 0 unspecified atom stereocenters. The average Bonchev–Trinajstić information content (AvgIpc) is 3.38. The number of hydrogen-bond acceptors (Lipinski definition) is 5. The lowest BCUT2D eigenvalue weighted by molar-refractivity contribution is -0.127. The number of carbonyl (C=O) groups excluding carboxylic acids is 2. The minimum absolute atomic E-state index is 0.124. The van der Waals surface area contributed by atoms with Crippen molar-refractivity contribution in [2.75, 3.05) is 18.5 Å². The van der Waals surface area contributed by atoms with Crippen molar-refractivity contribution >= 4 is 50.7 Å². The molecular formula is C23H19ClN4O3S. The van der Waals surface area contributed by atoms with Crippen LogP contribution in [-0.4, -0.2) is 41.3 Å². The molecule has 2 aromatic carbocycles. The predicted octanol–water partition coefficient (Wildman–Crippen LogP) is 4.20. The van der Waals surface area contributed by atoms with Gasteiger partial charge in [-0.2, -0.15) is 5.10 Å². The van der Waals surface area contributed by atoms with Gasteiger partial charge in [0.25, 0.3) is 11.8 Å². The monoisotopic (exact) mass is 466 g/mol. The zero-order valence-corrected chi connectivity index (χ0v) is 18.9. The summed E-state index contributed by atoms with van der Waals surface area (Å²) in [7, 11) is 1.55. The minimum atomic E-state index is -0.784. The van der Waals surface area contributed by atoms with Crippen LogP contribution in [0.15, 0.2) is 54.6 Å². The first-order valence-corrected chi connectivity index (χ1v) is 11.2. The van der Waals surface area contributed by atoms with E-state index in [2.05, 4.69) is 10.4 Å². The molecule has 0 fully saturated rings. The Bertz CT molecular complexity index is 1360. The van der Waals surface area contributed by atoms with Crippen LogP contribution in [0.1, 0.15) is 15.4 Å². The van der Waals surface area contributed by atoms with Gasteiger partial charge in [0, 0.05) is 12.4 Å².